The van der Waals surface area contributed by atoms with Crippen LogP contribution in [0.15, 0.2) is 18.2 Å². The lowest BCUT2D eigenvalue weighted by atomic mass is 10.1. The lowest BCUT2D eigenvalue weighted by Crippen LogP contribution is -2.32. The van der Waals surface area contributed by atoms with E-state index in [-0.39, 0.29) is 5.69 Å². The van der Waals surface area contributed by atoms with Gasteiger partial charge in [0.05, 0.1) is 25.0 Å². The highest BCUT2D eigenvalue weighted by molar-refractivity contribution is 5.43. The standard InChI is InChI=1S/C15H25FN2O3/c1-20-9-7-18(8-10-21-2)6-5-15(19)12-3-4-13(16)14(17)11-12/h3-4,11,15,19H,5-10,17H2,1-2H3. The molecule has 0 amide bonds. The van der Waals surface area contributed by atoms with Crippen LogP contribution in [0.2, 0.25) is 0 Å². The summed E-state index contributed by atoms with van der Waals surface area (Å²) in [6.45, 7) is 3.51. The Kier molecular flexibility index (Phi) is 8.22. The van der Waals surface area contributed by atoms with Crippen molar-refractivity contribution in [2.75, 3.05) is 52.8 Å². The molecule has 0 aliphatic heterocycles. The van der Waals surface area contributed by atoms with E-state index in [0.717, 1.165) is 13.1 Å². The predicted molar refractivity (Wildman–Crippen MR) is 80.6 cm³/mol. The highest BCUT2D eigenvalue weighted by Crippen LogP contribution is 2.21. The third-order valence-corrected chi connectivity index (χ3v) is 3.35. The van der Waals surface area contributed by atoms with Gasteiger partial charge >= 0.3 is 0 Å². The number of anilines is 1. The zero-order valence-corrected chi connectivity index (χ0v) is 12.7. The molecule has 0 spiro atoms. The van der Waals surface area contributed by atoms with Gasteiger partial charge in [-0.2, -0.15) is 0 Å². The van der Waals surface area contributed by atoms with Gasteiger partial charge in [-0.25, -0.2) is 4.39 Å². The van der Waals surface area contributed by atoms with E-state index >= 15 is 0 Å². The van der Waals surface area contributed by atoms with Gasteiger partial charge in [-0.3, -0.25) is 4.90 Å². The number of hydrogen-bond donors (Lipinski definition) is 2. The molecule has 0 aromatic heterocycles. The summed E-state index contributed by atoms with van der Waals surface area (Å²) >= 11 is 0. The van der Waals surface area contributed by atoms with Crippen LogP contribution in [0.4, 0.5) is 10.1 Å². The van der Waals surface area contributed by atoms with Gasteiger partial charge in [0.25, 0.3) is 0 Å². The van der Waals surface area contributed by atoms with E-state index in [4.69, 9.17) is 15.2 Å². The Morgan fingerprint density at radius 2 is 1.81 bits per heavy atom. The molecule has 1 unspecified atom stereocenters. The second-order valence-electron chi connectivity index (χ2n) is 4.91. The first kappa shape index (κ1) is 17.8. The summed E-state index contributed by atoms with van der Waals surface area (Å²) in [6.07, 6.45) is -0.126. The fourth-order valence-corrected chi connectivity index (χ4v) is 2.02. The van der Waals surface area contributed by atoms with Crippen molar-refractivity contribution < 1.29 is 19.0 Å². The van der Waals surface area contributed by atoms with Crippen molar-refractivity contribution in [2.24, 2.45) is 0 Å². The van der Waals surface area contributed by atoms with Crippen LogP contribution >= 0.6 is 0 Å². The maximum absolute atomic E-state index is 13.1. The topological polar surface area (TPSA) is 68.0 Å². The van der Waals surface area contributed by atoms with E-state index in [1.54, 1.807) is 20.3 Å². The number of nitrogens with zero attached hydrogens (tertiary/aromatic N) is 1. The summed E-state index contributed by atoms with van der Waals surface area (Å²) in [5.41, 5.74) is 6.21. The molecule has 1 rings (SSSR count). The van der Waals surface area contributed by atoms with Crippen molar-refractivity contribution >= 4 is 5.69 Å². The highest BCUT2D eigenvalue weighted by atomic mass is 19.1. The van der Waals surface area contributed by atoms with E-state index in [1.807, 2.05) is 0 Å². The van der Waals surface area contributed by atoms with E-state index in [2.05, 4.69) is 4.90 Å². The molecular formula is C15H25FN2O3. The minimum Gasteiger partial charge on any atom is -0.396 e. The van der Waals surface area contributed by atoms with Gasteiger partial charge in [0, 0.05) is 33.9 Å². The summed E-state index contributed by atoms with van der Waals surface area (Å²) in [5, 5.41) is 10.2. The summed E-state index contributed by atoms with van der Waals surface area (Å²) in [5.74, 6) is -0.465. The van der Waals surface area contributed by atoms with Crippen LogP contribution in [-0.4, -0.2) is 57.1 Å². The van der Waals surface area contributed by atoms with Crippen molar-refractivity contribution in [3.05, 3.63) is 29.6 Å². The van der Waals surface area contributed by atoms with Crippen molar-refractivity contribution in [2.45, 2.75) is 12.5 Å². The van der Waals surface area contributed by atoms with Gasteiger partial charge < -0.3 is 20.3 Å². The Bertz CT molecular complexity index is 410. The molecule has 21 heavy (non-hydrogen) atoms. The third kappa shape index (κ3) is 6.39. The lowest BCUT2D eigenvalue weighted by Gasteiger charge is -2.23. The number of aliphatic hydroxyl groups is 1. The molecule has 0 saturated carbocycles. The van der Waals surface area contributed by atoms with Crippen molar-refractivity contribution in [3.63, 3.8) is 0 Å². The number of nitrogens with two attached hydrogens (primary N) is 1. The van der Waals surface area contributed by atoms with Crippen LogP contribution in [-0.2, 0) is 9.47 Å². The summed E-state index contributed by atoms with van der Waals surface area (Å²) in [6, 6.07) is 4.32. The van der Waals surface area contributed by atoms with Gasteiger partial charge in [-0.05, 0) is 24.1 Å². The quantitative estimate of drug-likeness (QED) is 0.640. The van der Waals surface area contributed by atoms with Crippen LogP contribution in [0.3, 0.4) is 0 Å². The lowest BCUT2D eigenvalue weighted by molar-refractivity contribution is 0.0945. The number of nitrogen functional groups attached to an aromatic ring is 1. The van der Waals surface area contributed by atoms with E-state index in [0.29, 0.717) is 31.7 Å². The van der Waals surface area contributed by atoms with Crippen LogP contribution < -0.4 is 5.73 Å². The van der Waals surface area contributed by atoms with Gasteiger partial charge in [0.15, 0.2) is 0 Å². The van der Waals surface area contributed by atoms with Gasteiger partial charge in [-0.1, -0.05) is 6.07 Å². The molecular weight excluding hydrogens is 275 g/mol. The monoisotopic (exact) mass is 300 g/mol. The number of halogens is 1. The first-order valence-corrected chi connectivity index (χ1v) is 7.01. The molecule has 0 saturated heterocycles. The maximum atomic E-state index is 13.1. The normalized spacial score (nSPS) is 12.8. The molecule has 5 nitrogen and oxygen atoms in total. The third-order valence-electron chi connectivity index (χ3n) is 3.35. The molecule has 0 aliphatic rings. The molecule has 1 aromatic rings. The molecule has 0 fully saturated rings. The van der Waals surface area contributed by atoms with Gasteiger partial charge in [0.1, 0.15) is 5.82 Å². The number of rotatable bonds is 10. The number of hydrogen-bond acceptors (Lipinski definition) is 5. The predicted octanol–water partition coefficient (Wildman–Crippen LogP) is 1.43. The highest BCUT2D eigenvalue weighted by Gasteiger charge is 2.12. The molecule has 0 radical (unpaired) electrons. The number of benzene rings is 1. The number of aliphatic hydroxyl groups excluding tert-OH is 1. The largest absolute Gasteiger partial charge is 0.396 e. The summed E-state index contributed by atoms with van der Waals surface area (Å²) in [4.78, 5) is 2.16. The van der Waals surface area contributed by atoms with Crippen LogP contribution in [0, 0.1) is 5.82 Å². The average Bonchev–Trinajstić information content (AvgIpc) is 2.49. The molecule has 0 bridgehead atoms. The smallest absolute Gasteiger partial charge is 0.146 e. The van der Waals surface area contributed by atoms with Gasteiger partial charge in [-0.15, -0.1) is 0 Å². The van der Waals surface area contributed by atoms with E-state index < -0.39 is 11.9 Å². The summed E-state index contributed by atoms with van der Waals surface area (Å²) < 4.78 is 23.3. The first-order chi connectivity index (χ1) is 10.1. The zero-order valence-electron chi connectivity index (χ0n) is 12.7. The molecule has 1 atom stereocenters. The fraction of sp³-hybridized carbons (Fsp3) is 0.600. The minimum atomic E-state index is -0.666. The Hall–Kier alpha value is -1.21. The average molecular weight is 300 g/mol. The molecule has 120 valence electrons. The van der Waals surface area contributed by atoms with Crippen molar-refractivity contribution in [1.82, 2.24) is 4.90 Å². The maximum Gasteiger partial charge on any atom is 0.146 e. The Labute approximate surface area is 125 Å². The van der Waals surface area contributed by atoms with Crippen molar-refractivity contribution in [1.29, 1.82) is 0 Å². The second kappa shape index (κ2) is 9.68. The zero-order chi connectivity index (χ0) is 15.7. The first-order valence-electron chi connectivity index (χ1n) is 7.01. The fourth-order valence-electron chi connectivity index (χ4n) is 2.02. The number of methoxy groups -OCH3 is 2. The van der Waals surface area contributed by atoms with Gasteiger partial charge in [0.2, 0.25) is 0 Å². The molecule has 0 heterocycles. The van der Waals surface area contributed by atoms with E-state index in [1.165, 1.54) is 12.1 Å². The molecule has 3 N–H and O–H groups in total. The minimum absolute atomic E-state index is 0.0576. The molecule has 6 heteroatoms. The molecule has 0 aliphatic carbocycles. The Balaban J connectivity index is 2.50. The SMILES string of the molecule is COCCN(CCOC)CCC(O)c1ccc(F)c(N)c1. The van der Waals surface area contributed by atoms with Crippen LogP contribution in [0.5, 0.6) is 0 Å². The Morgan fingerprint density at radius 3 is 2.33 bits per heavy atom. The van der Waals surface area contributed by atoms with E-state index in [9.17, 15) is 9.50 Å². The number of ether oxygens (including phenoxy) is 2. The second-order valence-corrected chi connectivity index (χ2v) is 4.91. The Morgan fingerprint density at radius 1 is 1.19 bits per heavy atom. The summed E-state index contributed by atoms with van der Waals surface area (Å²) in [7, 11) is 3.31. The molecule has 1 aromatic carbocycles. The van der Waals surface area contributed by atoms with Crippen LogP contribution in [0.25, 0.3) is 0 Å². The van der Waals surface area contributed by atoms with Crippen LogP contribution in [0.1, 0.15) is 18.1 Å². The van der Waals surface area contributed by atoms with Crippen molar-refractivity contribution in [3.8, 4) is 0 Å².